The zero-order chi connectivity index (χ0) is 19.9. The molecular formula is C22H29N5O. The van der Waals surface area contributed by atoms with E-state index in [1.54, 1.807) is 0 Å². The first kappa shape index (κ1) is 18.9. The van der Waals surface area contributed by atoms with Crippen molar-refractivity contribution in [1.82, 2.24) is 24.4 Å². The van der Waals surface area contributed by atoms with Crippen molar-refractivity contribution in [3.05, 3.63) is 57.5 Å². The Kier molecular flexibility index (Phi) is 4.83. The molecule has 0 fully saturated rings. The van der Waals surface area contributed by atoms with Crippen LogP contribution >= 0.6 is 0 Å². The smallest absolute Gasteiger partial charge is 0.255 e. The maximum absolute atomic E-state index is 12.7. The number of fused-ring (bicyclic) bond motifs is 2. The van der Waals surface area contributed by atoms with Crippen LogP contribution in [-0.4, -0.2) is 31.0 Å². The molecule has 0 radical (unpaired) electrons. The fourth-order valence-corrected chi connectivity index (χ4v) is 3.89. The molecule has 1 aliphatic heterocycles. The van der Waals surface area contributed by atoms with Crippen molar-refractivity contribution in [3.63, 3.8) is 0 Å². The number of benzene rings is 1. The number of aromatic nitrogens is 4. The van der Waals surface area contributed by atoms with E-state index >= 15 is 0 Å². The highest BCUT2D eigenvalue weighted by Crippen LogP contribution is 2.23. The normalized spacial score (nSPS) is 15.1. The van der Waals surface area contributed by atoms with E-state index in [0.29, 0.717) is 6.54 Å². The number of aromatic amines is 1. The molecule has 4 rings (SSSR count). The maximum atomic E-state index is 12.7. The first-order valence-corrected chi connectivity index (χ1v) is 10.2. The van der Waals surface area contributed by atoms with E-state index in [-0.39, 0.29) is 11.0 Å². The molecular weight excluding hydrogens is 350 g/mol. The molecule has 0 saturated heterocycles. The van der Waals surface area contributed by atoms with Crippen LogP contribution in [0, 0.1) is 0 Å². The lowest BCUT2D eigenvalue weighted by molar-refractivity contribution is 0.232. The Bertz CT molecular complexity index is 1060. The minimum Gasteiger partial charge on any atom is -0.327 e. The minimum absolute atomic E-state index is 0.00156. The number of H-pyrrole nitrogens is 1. The van der Waals surface area contributed by atoms with Gasteiger partial charge in [0.05, 0.1) is 28.8 Å². The van der Waals surface area contributed by atoms with Gasteiger partial charge in [-0.2, -0.15) is 0 Å². The topological polar surface area (TPSA) is 66.8 Å². The summed E-state index contributed by atoms with van der Waals surface area (Å²) in [5.41, 5.74) is 3.82. The molecule has 1 aliphatic rings. The number of nitrogens with zero attached hydrogens (tertiary/aromatic N) is 4. The van der Waals surface area contributed by atoms with E-state index in [9.17, 15) is 4.79 Å². The van der Waals surface area contributed by atoms with Crippen LogP contribution in [-0.2, 0) is 31.5 Å². The van der Waals surface area contributed by atoms with Crippen LogP contribution in [0.25, 0.3) is 11.0 Å². The summed E-state index contributed by atoms with van der Waals surface area (Å²) in [6, 6.07) is 8.30. The zero-order valence-corrected chi connectivity index (χ0v) is 17.2. The van der Waals surface area contributed by atoms with Crippen molar-refractivity contribution in [1.29, 1.82) is 0 Å². The second-order valence-corrected chi connectivity index (χ2v) is 8.72. The number of hydrogen-bond acceptors (Lipinski definition) is 4. The summed E-state index contributed by atoms with van der Waals surface area (Å²) < 4.78 is 2.32. The molecule has 0 unspecified atom stereocenters. The van der Waals surface area contributed by atoms with E-state index in [1.165, 1.54) is 5.52 Å². The molecule has 2 aromatic heterocycles. The molecule has 6 nitrogen and oxygen atoms in total. The number of hydrogen-bond donors (Lipinski definition) is 1. The SMILES string of the molecule is CCCn1c(CN2CCc3nc(C(C)(C)C)[nH]c(=O)c3C2)nc2ccccc21. The quantitative estimate of drug-likeness (QED) is 0.755. The monoisotopic (exact) mass is 379 g/mol. The summed E-state index contributed by atoms with van der Waals surface area (Å²) in [5.74, 6) is 1.84. The molecule has 0 atom stereocenters. The average Bonchev–Trinajstić information content (AvgIpc) is 2.99. The van der Waals surface area contributed by atoms with Crippen molar-refractivity contribution < 1.29 is 0 Å². The van der Waals surface area contributed by atoms with Crippen LogP contribution in [0.4, 0.5) is 0 Å². The summed E-state index contributed by atoms with van der Waals surface area (Å²) in [7, 11) is 0. The van der Waals surface area contributed by atoms with E-state index < -0.39 is 0 Å². The largest absolute Gasteiger partial charge is 0.327 e. The Morgan fingerprint density at radius 1 is 1.18 bits per heavy atom. The lowest BCUT2D eigenvalue weighted by atomic mass is 9.95. The average molecular weight is 380 g/mol. The van der Waals surface area contributed by atoms with Gasteiger partial charge in [-0.25, -0.2) is 9.97 Å². The second kappa shape index (κ2) is 7.17. The highest BCUT2D eigenvalue weighted by atomic mass is 16.1. The second-order valence-electron chi connectivity index (χ2n) is 8.72. The highest BCUT2D eigenvalue weighted by molar-refractivity contribution is 5.75. The molecule has 0 saturated carbocycles. The summed E-state index contributed by atoms with van der Waals surface area (Å²) in [6.07, 6.45) is 1.87. The molecule has 6 heteroatoms. The van der Waals surface area contributed by atoms with Crippen molar-refractivity contribution in [2.24, 2.45) is 0 Å². The van der Waals surface area contributed by atoms with Crippen LogP contribution in [0.1, 0.15) is 57.0 Å². The Morgan fingerprint density at radius 3 is 2.71 bits per heavy atom. The third-order valence-electron chi connectivity index (χ3n) is 5.40. The van der Waals surface area contributed by atoms with E-state index in [0.717, 1.165) is 60.9 Å². The van der Waals surface area contributed by atoms with Gasteiger partial charge in [0.2, 0.25) is 0 Å². The molecule has 0 bridgehead atoms. The molecule has 1 aromatic carbocycles. The first-order chi connectivity index (χ1) is 13.4. The van der Waals surface area contributed by atoms with E-state index in [4.69, 9.17) is 9.97 Å². The molecule has 3 aromatic rings. The van der Waals surface area contributed by atoms with Crippen LogP contribution in [0.15, 0.2) is 29.1 Å². The summed E-state index contributed by atoms with van der Waals surface area (Å²) in [4.78, 5) is 27.6. The maximum Gasteiger partial charge on any atom is 0.255 e. The van der Waals surface area contributed by atoms with Crippen molar-refractivity contribution in [3.8, 4) is 0 Å². The predicted octanol–water partition coefficient (Wildman–Crippen LogP) is 3.39. The Labute approximate surface area is 165 Å². The van der Waals surface area contributed by atoms with Gasteiger partial charge in [0, 0.05) is 31.5 Å². The van der Waals surface area contributed by atoms with E-state index in [1.807, 2.05) is 6.07 Å². The first-order valence-electron chi connectivity index (χ1n) is 10.2. The molecule has 0 amide bonds. The number of imidazole rings is 1. The fraction of sp³-hybridized carbons (Fsp3) is 0.500. The summed E-state index contributed by atoms with van der Waals surface area (Å²) in [6.45, 7) is 11.6. The van der Waals surface area contributed by atoms with Gasteiger partial charge in [0.15, 0.2) is 0 Å². The molecule has 0 aliphatic carbocycles. The van der Waals surface area contributed by atoms with Crippen LogP contribution in [0.3, 0.4) is 0 Å². The van der Waals surface area contributed by atoms with Crippen LogP contribution in [0.2, 0.25) is 0 Å². The Morgan fingerprint density at radius 2 is 1.96 bits per heavy atom. The molecule has 1 N–H and O–H groups in total. The fourth-order valence-electron chi connectivity index (χ4n) is 3.89. The van der Waals surface area contributed by atoms with Gasteiger partial charge in [0.25, 0.3) is 5.56 Å². The molecule has 0 spiro atoms. The van der Waals surface area contributed by atoms with Gasteiger partial charge in [-0.3, -0.25) is 9.69 Å². The summed E-state index contributed by atoms with van der Waals surface area (Å²) in [5, 5.41) is 0. The van der Waals surface area contributed by atoms with Crippen molar-refractivity contribution in [2.45, 2.75) is 65.6 Å². The lowest BCUT2D eigenvalue weighted by Crippen LogP contribution is -2.37. The third-order valence-corrected chi connectivity index (χ3v) is 5.40. The van der Waals surface area contributed by atoms with Gasteiger partial charge in [0.1, 0.15) is 11.6 Å². The molecule has 3 heterocycles. The predicted molar refractivity (Wildman–Crippen MR) is 111 cm³/mol. The van der Waals surface area contributed by atoms with Crippen molar-refractivity contribution in [2.75, 3.05) is 6.54 Å². The van der Waals surface area contributed by atoms with Gasteiger partial charge in [-0.05, 0) is 18.6 Å². The number of nitrogens with one attached hydrogen (secondary N) is 1. The third kappa shape index (κ3) is 3.49. The lowest BCUT2D eigenvalue weighted by Gasteiger charge is -2.28. The standard InChI is InChI=1S/C22H29N5O/c1-5-11-27-18-9-7-6-8-17(18)23-19(27)14-26-12-10-16-15(13-26)20(28)25-21(24-16)22(2,3)4/h6-9H,5,10-14H2,1-4H3,(H,24,25,28). The molecule has 148 valence electrons. The highest BCUT2D eigenvalue weighted by Gasteiger charge is 2.25. The zero-order valence-electron chi connectivity index (χ0n) is 17.2. The van der Waals surface area contributed by atoms with Gasteiger partial charge < -0.3 is 9.55 Å². The van der Waals surface area contributed by atoms with Gasteiger partial charge in [-0.15, -0.1) is 0 Å². The van der Waals surface area contributed by atoms with E-state index in [2.05, 4.69) is 60.3 Å². The Hall–Kier alpha value is -2.47. The van der Waals surface area contributed by atoms with Crippen LogP contribution < -0.4 is 5.56 Å². The summed E-state index contributed by atoms with van der Waals surface area (Å²) >= 11 is 0. The van der Waals surface area contributed by atoms with Gasteiger partial charge in [-0.1, -0.05) is 39.8 Å². The number of para-hydroxylation sites is 2. The van der Waals surface area contributed by atoms with Crippen LogP contribution in [0.5, 0.6) is 0 Å². The number of aryl methyl sites for hydroxylation is 1. The molecule has 28 heavy (non-hydrogen) atoms. The van der Waals surface area contributed by atoms with Gasteiger partial charge >= 0.3 is 0 Å². The minimum atomic E-state index is -0.156. The van der Waals surface area contributed by atoms with Crippen molar-refractivity contribution >= 4 is 11.0 Å². The Balaban J connectivity index is 1.62. The number of rotatable bonds is 4.